The third kappa shape index (κ3) is 1.69. The Kier molecular flexibility index (Phi) is 2.26. The first-order valence-electron chi connectivity index (χ1n) is 4.27. The molecule has 1 heterocycles. The Morgan fingerprint density at radius 3 is 2.69 bits per heavy atom. The highest BCUT2D eigenvalue weighted by Gasteiger charge is 2.38. The van der Waals surface area contributed by atoms with Crippen LogP contribution >= 0.6 is 11.6 Å². The molecule has 0 radical (unpaired) electrons. The van der Waals surface area contributed by atoms with Gasteiger partial charge in [-0.05, 0) is 30.9 Å². The molecule has 72 valence electrons. The molecular weight excluding hydrogens is 192 g/mol. The molecule has 13 heavy (non-hydrogen) atoms. The van der Waals surface area contributed by atoms with Crippen molar-refractivity contribution >= 4 is 11.6 Å². The van der Waals surface area contributed by atoms with Gasteiger partial charge in [-0.3, -0.25) is 0 Å². The lowest BCUT2D eigenvalue weighted by Crippen LogP contribution is -2.41. The summed E-state index contributed by atoms with van der Waals surface area (Å²) in [4.78, 5) is 0. The van der Waals surface area contributed by atoms with Gasteiger partial charge in [0, 0.05) is 7.11 Å². The molecule has 0 amide bonds. The third-order valence-corrected chi connectivity index (χ3v) is 2.77. The summed E-state index contributed by atoms with van der Waals surface area (Å²) in [5, 5.41) is 7.49. The van der Waals surface area contributed by atoms with Crippen LogP contribution in [0.4, 0.5) is 0 Å². The maximum Gasteiger partial charge on any atom is 0.312 e. The summed E-state index contributed by atoms with van der Waals surface area (Å²) < 4.78 is 10.5. The van der Waals surface area contributed by atoms with Crippen molar-refractivity contribution < 1.29 is 9.15 Å². The zero-order valence-electron chi connectivity index (χ0n) is 7.42. The lowest BCUT2D eigenvalue weighted by atomic mass is 9.77. The van der Waals surface area contributed by atoms with Crippen molar-refractivity contribution in [1.82, 2.24) is 10.2 Å². The van der Waals surface area contributed by atoms with Crippen LogP contribution in [0.1, 0.15) is 25.2 Å². The molecule has 0 N–H and O–H groups in total. The molecule has 0 aromatic carbocycles. The number of nitrogens with zero attached hydrogens (tertiary/aromatic N) is 2. The van der Waals surface area contributed by atoms with E-state index in [2.05, 4.69) is 10.2 Å². The van der Waals surface area contributed by atoms with E-state index in [1.54, 1.807) is 7.11 Å². The highest BCUT2D eigenvalue weighted by Crippen LogP contribution is 2.37. The largest absolute Gasteiger partial charge is 0.412 e. The molecule has 0 saturated heterocycles. The zero-order valence-corrected chi connectivity index (χ0v) is 8.17. The molecule has 1 aliphatic rings. The highest BCUT2D eigenvalue weighted by molar-refractivity contribution is 6.27. The Morgan fingerprint density at radius 1 is 1.54 bits per heavy atom. The van der Waals surface area contributed by atoms with Gasteiger partial charge in [-0.1, -0.05) is 5.10 Å². The summed E-state index contributed by atoms with van der Waals surface area (Å²) in [7, 11) is 1.72. The van der Waals surface area contributed by atoms with Crippen LogP contribution in [0.2, 0.25) is 5.35 Å². The average molecular weight is 203 g/mol. The maximum absolute atomic E-state index is 5.51. The standard InChI is InChI=1S/C8H11ClN2O2/c1-12-8(3-2-4-8)5-6-10-11-7(9)13-6/h2-5H2,1H3. The van der Waals surface area contributed by atoms with Crippen LogP contribution in [0.5, 0.6) is 0 Å². The lowest BCUT2D eigenvalue weighted by Gasteiger charge is -2.39. The minimum atomic E-state index is -0.0735. The van der Waals surface area contributed by atoms with E-state index in [9.17, 15) is 0 Å². The van der Waals surface area contributed by atoms with Gasteiger partial charge in [0.05, 0.1) is 12.0 Å². The molecule has 0 atom stereocenters. The molecule has 1 aliphatic carbocycles. The normalized spacial score (nSPS) is 19.8. The minimum absolute atomic E-state index is 0.0735. The van der Waals surface area contributed by atoms with Gasteiger partial charge in [0.25, 0.3) is 0 Å². The van der Waals surface area contributed by atoms with E-state index in [1.807, 2.05) is 0 Å². The van der Waals surface area contributed by atoms with Crippen LogP contribution in [0.15, 0.2) is 4.42 Å². The van der Waals surface area contributed by atoms with Crippen molar-refractivity contribution in [2.24, 2.45) is 0 Å². The van der Waals surface area contributed by atoms with Crippen molar-refractivity contribution in [3.05, 3.63) is 11.2 Å². The summed E-state index contributed by atoms with van der Waals surface area (Å²) in [6.07, 6.45) is 3.99. The van der Waals surface area contributed by atoms with Crippen molar-refractivity contribution in [3.8, 4) is 0 Å². The molecule has 1 fully saturated rings. The van der Waals surface area contributed by atoms with Gasteiger partial charge >= 0.3 is 5.35 Å². The average Bonchev–Trinajstić information content (AvgIpc) is 2.44. The first-order chi connectivity index (χ1) is 6.24. The Balaban J connectivity index is 2.04. The molecule has 4 nitrogen and oxygen atoms in total. The van der Waals surface area contributed by atoms with Gasteiger partial charge in [-0.15, -0.1) is 5.10 Å². The number of hydrogen-bond acceptors (Lipinski definition) is 4. The quantitative estimate of drug-likeness (QED) is 0.751. The second-order valence-corrected chi connectivity index (χ2v) is 3.69. The lowest BCUT2D eigenvalue weighted by molar-refractivity contribution is -0.0745. The molecule has 1 saturated carbocycles. The SMILES string of the molecule is COC1(Cc2nnc(Cl)o2)CCC1. The number of methoxy groups -OCH3 is 1. The van der Waals surface area contributed by atoms with E-state index in [0.29, 0.717) is 12.3 Å². The molecule has 1 aromatic heterocycles. The number of aromatic nitrogens is 2. The fraction of sp³-hybridized carbons (Fsp3) is 0.750. The smallest absolute Gasteiger partial charge is 0.312 e. The summed E-state index contributed by atoms with van der Waals surface area (Å²) in [6, 6.07) is 0. The molecule has 0 spiro atoms. The summed E-state index contributed by atoms with van der Waals surface area (Å²) >= 11 is 5.51. The van der Waals surface area contributed by atoms with Gasteiger partial charge in [-0.25, -0.2) is 0 Å². The van der Waals surface area contributed by atoms with E-state index in [-0.39, 0.29) is 11.0 Å². The molecular formula is C8H11ClN2O2. The Morgan fingerprint density at radius 2 is 2.31 bits per heavy atom. The third-order valence-electron chi connectivity index (χ3n) is 2.61. The van der Waals surface area contributed by atoms with E-state index in [0.717, 1.165) is 12.8 Å². The highest BCUT2D eigenvalue weighted by atomic mass is 35.5. The second kappa shape index (κ2) is 3.27. The maximum atomic E-state index is 5.51. The first-order valence-corrected chi connectivity index (χ1v) is 4.65. The second-order valence-electron chi connectivity index (χ2n) is 3.37. The van der Waals surface area contributed by atoms with Crippen molar-refractivity contribution in [2.75, 3.05) is 7.11 Å². The molecule has 5 heteroatoms. The van der Waals surface area contributed by atoms with Crippen LogP contribution in [0.25, 0.3) is 0 Å². The Hall–Kier alpha value is -0.610. The van der Waals surface area contributed by atoms with E-state index in [4.69, 9.17) is 20.8 Å². The molecule has 2 rings (SSSR count). The van der Waals surface area contributed by atoms with Crippen LogP contribution in [0, 0.1) is 0 Å². The van der Waals surface area contributed by atoms with Crippen LogP contribution in [-0.4, -0.2) is 22.9 Å². The number of halogens is 1. The molecule has 0 aliphatic heterocycles. The van der Waals surface area contributed by atoms with E-state index in [1.165, 1.54) is 6.42 Å². The Labute approximate surface area is 81.2 Å². The van der Waals surface area contributed by atoms with Crippen LogP contribution < -0.4 is 0 Å². The van der Waals surface area contributed by atoms with Gasteiger partial charge in [-0.2, -0.15) is 0 Å². The van der Waals surface area contributed by atoms with Gasteiger partial charge in [0.2, 0.25) is 5.89 Å². The van der Waals surface area contributed by atoms with Gasteiger partial charge in [0.1, 0.15) is 0 Å². The summed E-state index contributed by atoms with van der Waals surface area (Å²) in [6.45, 7) is 0. The van der Waals surface area contributed by atoms with E-state index >= 15 is 0 Å². The summed E-state index contributed by atoms with van der Waals surface area (Å²) in [5.74, 6) is 0.562. The topological polar surface area (TPSA) is 48.2 Å². The van der Waals surface area contributed by atoms with Crippen molar-refractivity contribution in [1.29, 1.82) is 0 Å². The van der Waals surface area contributed by atoms with E-state index < -0.39 is 0 Å². The molecule has 0 bridgehead atoms. The Bertz CT molecular complexity index is 291. The zero-order chi connectivity index (χ0) is 9.31. The number of ether oxygens (including phenoxy) is 1. The van der Waals surface area contributed by atoms with Crippen LogP contribution in [-0.2, 0) is 11.2 Å². The number of rotatable bonds is 3. The fourth-order valence-electron chi connectivity index (χ4n) is 1.60. The van der Waals surface area contributed by atoms with Gasteiger partial charge in [0.15, 0.2) is 0 Å². The molecule has 0 unspecified atom stereocenters. The van der Waals surface area contributed by atoms with Gasteiger partial charge < -0.3 is 9.15 Å². The fourth-order valence-corrected chi connectivity index (χ4v) is 1.73. The monoisotopic (exact) mass is 202 g/mol. The first kappa shape index (κ1) is 8.97. The van der Waals surface area contributed by atoms with Crippen LogP contribution in [0.3, 0.4) is 0 Å². The minimum Gasteiger partial charge on any atom is -0.412 e. The summed E-state index contributed by atoms with van der Waals surface area (Å²) in [5.41, 5.74) is -0.0735. The predicted molar refractivity (Wildman–Crippen MR) is 46.6 cm³/mol. The van der Waals surface area contributed by atoms with Crippen molar-refractivity contribution in [2.45, 2.75) is 31.3 Å². The van der Waals surface area contributed by atoms with Crippen molar-refractivity contribution in [3.63, 3.8) is 0 Å². The number of hydrogen-bond donors (Lipinski definition) is 0. The molecule has 1 aromatic rings. The predicted octanol–water partition coefficient (Wildman–Crippen LogP) is 1.83.